The monoisotopic (exact) mass is 480 g/mol. The molecule has 1 amide bonds. The van der Waals surface area contributed by atoms with Crippen LogP contribution in [0.4, 0.5) is 0 Å². The van der Waals surface area contributed by atoms with Crippen molar-refractivity contribution in [3.63, 3.8) is 0 Å². The van der Waals surface area contributed by atoms with Gasteiger partial charge in [0.25, 0.3) is 11.5 Å². The Hall–Kier alpha value is -4.33. The van der Waals surface area contributed by atoms with Crippen LogP contribution >= 0.6 is 0 Å². The molecule has 8 nitrogen and oxygen atoms in total. The van der Waals surface area contributed by atoms with Gasteiger partial charge in [-0.2, -0.15) is 5.10 Å². The minimum Gasteiger partial charge on any atom is -0.329 e. The maximum atomic E-state index is 14.1. The molecule has 0 aliphatic heterocycles. The van der Waals surface area contributed by atoms with Crippen molar-refractivity contribution in [3.8, 4) is 11.3 Å². The number of pyridine rings is 1. The van der Waals surface area contributed by atoms with Crippen molar-refractivity contribution in [2.75, 3.05) is 0 Å². The largest absolute Gasteiger partial charge is 0.329 e. The van der Waals surface area contributed by atoms with E-state index in [0.717, 1.165) is 5.56 Å². The summed E-state index contributed by atoms with van der Waals surface area (Å²) in [6.45, 7) is 8.13. The molecule has 0 fully saturated rings. The molecule has 2 aromatic carbocycles. The number of nitrogens with one attached hydrogen (secondary N) is 1. The molecule has 182 valence electrons. The Labute approximate surface area is 208 Å². The van der Waals surface area contributed by atoms with E-state index in [1.54, 1.807) is 29.3 Å². The molecule has 0 spiro atoms. The number of rotatable bonds is 6. The van der Waals surface area contributed by atoms with E-state index < -0.39 is 0 Å². The van der Waals surface area contributed by atoms with Crippen LogP contribution in [0.2, 0.25) is 0 Å². The average molecular weight is 481 g/mol. The third kappa shape index (κ3) is 4.26. The number of aromatic nitrogens is 5. The number of fused-ring (bicyclic) bond motifs is 2. The molecule has 5 aromatic rings. The lowest BCUT2D eigenvalue weighted by Crippen LogP contribution is -2.37. The lowest BCUT2D eigenvalue weighted by Gasteiger charge is -2.27. The van der Waals surface area contributed by atoms with E-state index in [1.807, 2.05) is 74.8 Å². The number of H-pyrrole nitrogens is 1. The van der Waals surface area contributed by atoms with Gasteiger partial charge in [-0.15, -0.1) is 0 Å². The summed E-state index contributed by atoms with van der Waals surface area (Å²) in [6.07, 6.45) is 1.71. The first-order valence-corrected chi connectivity index (χ1v) is 12.1. The maximum Gasteiger partial charge on any atom is 0.258 e. The summed E-state index contributed by atoms with van der Waals surface area (Å²) in [7, 11) is 0. The first-order valence-electron chi connectivity index (χ1n) is 12.1. The topological polar surface area (TPSA) is 96.8 Å². The Kier molecular flexibility index (Phi) is 6.10. The highest BCUT2D eigenvalue weighted by Gasteiger charge is 2.25. The Morgan fingerprint density at radius 3 is 2.42 bits per heavy atom. The van der Waals surface area contributed by atoms with Gasteiger partial charge < -0.3 is 9.88 Å². The molecule has 5 rings (SSSR count). The minimum absolute atomic E-state index is 0.0806. The highest BCUT2D eigenvalue weighted by molar-refractivity contribution is 6.06. The van der Waals surface area contributed by atoms with Crippen LogP contribution in [0.3, 0.4) is 0 Å². The number of carbonyl (C=O) groups is 1. The number of para-hydroxylation sites is 1. The number of amides is 1. The van der Waals surface area contributed by atoms with E-state index in [9.17, 15) is 9.59 Å². The van der Waals surface area contributed by atoms with Gasteiger partial charge in [0.15, 0.2) is 5.65 Å². The number of hydrogen-bond acceptors (Lipinski definition) is 5. The van der Waals surface area contributed by atoms with E-state index in [4.69, 9.17) is 4.98 Å². The number of nitrogens with zero attached hydrogens (tertiary/aromatic N) is 5. The summed E-state index contributed by atoms with van der Waals surface area (Å²) in [6, 6.07) is 18.8. The maximum absolute atomic E-state index is 14.1. The summed E-state index contributed by atoms with van der Waals surface area (Å²) >= 11 is 0. The van der Waals surface area contributed by atoms with Crippen LogP contribution in [0.25, 0.3) is 33.2 Å². The zero-order valence-corrected chi connectivity index (χ0v) is 20.8. The molecule has 0 saturated carbocycles. The molecule has 3 aromatic heterocycles. The van der Waals surface area contributed by atoms with Gasteiger partial charge in [-0.05, 0) is 45.9 Å². The predicted octanol–water partition coefficient (Wildman–Crippen LogP) is 4.97. The van der Waals surface area contributed by atoms with Crippen LogP contribution in [-0.2, 0) is 6.54 Å². The van der Waals surface area contributed by atoms with Crippen LogP contribution in [0.15, 0.2) is 71.7 Å². The van der Waals surface area contributed by atoms with E-state index in [1.165, 1.54) is 0 Å². The van der Waals surface area contributed by atoms with E-state index in [-0.39, 0.29) is 30.1 Å². The summed E-state index contributed by atoms with van der Waals surface area (Å²) < 4.78 is 1.83. The molecule has 0 radical (unpaired) electrons. The molecule has 0 bridgehead atoms. The smallest absolute Gasteiger partial charge is 0.258 e. The number of benzene rings is 2. The highest BCUT2D eigenvalue weighted by atomic mass is 16.2. The zero-order chi connectivity index (χ0) is 25.4. The summed E-state index contributed by atoms with van der Waals surface area (Å²) in [4.78, 5) is 40.7. The lowest BCUT2D eigenvalue weighted by molar-refractivity contribution is 0.0687. The fourth-order valence-corrected chi connectivity index (χ4v) is 4.34. The second kappa shape index (κ2) is 9.37. The fraction of sp³-hybridized carbons (Fsp3) is 0.250. The summed E-state index contributed by atoms with van der Waals surface area (Å²) in [5.74, 6) is 0.265. The standard InChI is InChI=1S/C28H28N6O2/c1-17(2)33(16-25-30-23-13-9-8-12-20(23)27(35)32-25)28(36)21-14-24(19-10-6-5-7-11-19)31-26-22(21)15-29-34(26)18(3)4/h5-15,17-18H,16H2,1-4H3,(H,30,32,35). The Morgan fingerprint density at radius 2 is 1.69 bits per heavy atom. The number of hydrogen-bond donors (Lipinski definition) is 1. The molecular weight excluding hydrogens is 452 g/mol. The van der Waals surface area contributed by atoms with Crippen LogP contribution in [-0.4, -0.2) is 41.6 Å². The average Bonchev–Trinajstić information content (AvgIpc) is 3.31. The van der Waals surface area contributed by atoms with Crippen molar-refractivity contribution < 1.29 is 4.79 Å². The van der Waals surface area contributed by atoms with Gasteiger partial charge in [0.05, 0.1) is 40.3 Å². The van der Waals surface area contributed by atoms with Crippen molar-refractivity contribution in [2.24, 2.45) is 0 Å². The van der Waals surface area contributed by atoms with Crippen LogP contribution in [0, 0.1) is 0 Å². The van der Waals surface area contributed by atoms with E-state index >= 15 is 0 Å². The van der Waals surface area contributed by atoms with Gasteiger partial charge in [0.1, 0.15) is 5.82 Å². The number of carbonyl (C=O) groups excluding carboxylic acids is 1. The van der Waals surface area contributed by atoms with Crippen LogP contribution in [0.5, 0.6) is 0 Å². The molecule has 0 aliphatic carbocycles. The molecule has 3 heterocycles. The molecule has 0 atom stereocenters. The van der Waals surface area contributed by atoms with Crippen molar-refractivity contribution in [1.29, 1.82) is 0 Å². The fourth-order valence-electron chi connectivity index (χ4n) is 4.34. The molecule has 0 aliphatic rings. The van der Waals surface area contributed by atoms with Gasteiger partial charge in [-0.25, -0.2) is 14.6 Å². The van der Waals surface area contributed by atoms with Gasteiger partial charge in [-0.1, -0.05) is 42.5 Å². The van der Waals surface area contributed by atoms with Gasteiger partial charge in [0.2, 0.25) is 0 Å². The second-order valence-corrected chi connectivity index (χ2v) is 9.40. The Morgan fingerprint density at radius 1 is 0.972 bits per heavy atom. The van der Waals surface area contributed by atoms with Crippen molar-refractivity contribution in [1.82, 2.24) is 29.6 Å². The molecule has 8 heteroatoms. The zero-order valence-electron chi connectivity index (χ0n) is 20.8. The first kappa shape index (κ1) is 23.4. The molecule has 1 N–H and O–H groups in total. The molecular formula is C28H28N6O2. The molecule has 0 saturated heterocycles. The van der Waals surface area contributed by atoms with Crippen molar-refractivity contribution in [2.45, 2.75) is 46.3 Å². The van der Waals surface area contributed by atoms with Crippen molar-refractivity contribution >= 4 is 27.8 Å². The third-order valence-corrected chi connectivity index (χ3v) is 6.22. The molecule has 0 unspecified atom stereocenters. The highest BCUT2D eigenvalue weighted by Crippen LogP contribution is 2.28. The van der Waals surface area contributed by atoms with E-state index in [0.29, 0.717) is 39.0 Å². The van der Waals surface area contributed by atoms with Crippen LogP contribution in [0.1, 0.15) is 49.9 Å². The van der Waals surface area contributed by atoms with Crippen LogP contribution < -0.4 is 5.56 Å². The van der Waals surface area contributed by atoms with Gasteiger partial charge >= 0.3 is 0 Å². The summed E-state index contributed by atoms with van der Waals surface area (Å²) in [5, 5.41) is 5.75. The normalized spacial score (nSPS) is 11.6. The lowest BCUT2D eigenvalue weighted by atomic mass is 10.1. The third-order valence-electron chi connectivity index (χ3n) is 6.22. The minimum atomic E-state index is -0.220. The van der Waals surface area contributed by atoms with Gasteiger partial charge in [0, 0.05) is 17.6 Å². The summed E-state index contributed by atoms with van der Waals surface area (Å²) in [5.41, 5.74) is 3.18. The second-order valence-electron chi connectivity index (χ2n) is 9.40. The first-order chi connectivity index (χ1) is 17.3. The SMILES string of the molecule is CC(C)N(Cc1nc2ccccc2c(=O)[nH]1)C(=O)c1cc(-c2ccccc2)nc2c1cnn2C(C)C. The molecule has 36 heavy (non-hydrogen) atoms. The van der Waals surface area contributed by atoms with E-state index in [2.05, 4.69) is 15.1 Å². The Bertz CT molecular complexity index is 1620. The van der Waals surface area contributed by atoms with Gasteiger partial charge in [-0.3, -0.25) is 9.59 Å². The quantitative estimate of drug-likeness (QED) is 0.370. The van der Waals surface area contributed by atoms with Crippen molar-refractivity contribution in [3.05, 3.63) is 88.6 Å². The number of aromatic amines is 1. The Balaban J connectivity index is 1.62. The predicted molar refractivity (Wildman–Crippen MR) is 141 cm³/mol.